The highest BCUT2D eigenvalue weighted by Gasteiger charge is 2.09. The fourth-order valence-electron chi connectivity index (χ4n) is 2.09. The number of thiazole rings is 1. The predicted octanol–water partition coefficient (Wildman–Crippen LogP) is 5.12. The molecule has 1 aromatic heterocycles. The summed E-state index contributed by atoms with van der Waals surface area (Å²) in [6.07, 6.45) is 0. The molecule has 3 rings (SSSR count). The number of benzene rings is 2. The summed E-state index contributed by atoms with van der Waals surface area (Å²) in [7, 11) is 1.56. The molecule has 3 aromatic rings. The number of nitro benzene ring substituents is 1. The first kappa shape index (κ1) is 16.2. The molecule has 122 valence electrons. The lowest BCUT2D eigenvalue weighted by atomic mass is 10.1. The van der Waals surface area contributed by atoms with Crippen molar-refractivity contribution in [3.05, 3.63) is 63.0 Å². The molecule has 0 amide bonds. The third kappa shape index (κ3) is 3.47. The first-order valence-corrected chi connectivity index (χ1v) is 8.13. The van der Waals surface area contributed by atoms with Gasteiger partial charge in [0.1, 0.15) is 5.75 Å². The van der Waals surface area contributed by atoms with Crippen molar-refractivity contribution in [1.29, 1.82) is 0 Å². The summed E-state index contributed by atoms with van der Waals surface area (Å²) in [6.45, 7) is 0. The number of anilines is 2. The van der Waals surface area contributed by atoms with E-state index in [0.717, 1.165) is 16.9 Å². The highest BCUT2D eigenvalue weighted by atomic mass is 35.5. The SMILES string of the molecule is COc1ccc(Nc2nc(-c3ccc([N+](=O)[O-])cc3)cs2)cc1Cl. The summed E-state index contributed by atoms with van der Waals surface area (Å²) >= 11 is 7.54. The maximum atomic E-state index is 10.7. The third-order valence-electron chi connectivity index (χ3n) is 3.28. The van der Waals surface area contributed by atoms with Crippen LogP contribution in [0.4, 0.5) is 16.5 Å². The van der Waals surface area contributed by atoms with Crippen molar-refractivity contribution in [2.75, 3.05) is 12.4 Å². The largest absolute Gasteiger partial charge is 0.495 e. The number of nitrogens with one attached hydrogen (secondary N) is 1. The van der Waals surface area contributed by atoms with E-state index in [-0.39, 0.29) is 5.69 Å². The van der Waals surface area contributed by atoms with Gasteiger partial charge in [-0.2, -0.15) is 0 Å². The third-order valence-corrected chi connectivity index (χ3v) is 4.33. The van der Waals surface area contributed by atoms with Crippen molar-refractivity contribution >= 4 is 39.4 Å². The first-order valence-electron chi connectivity index (χ1n) is 6.88. The summed E-state index contributed by atoms with van der Waals surface area (Å²) in [5, 5.41) is 17.0. The van der Waals surface area contributed by atoms with Crippen LogP contribution in [-0.4, -0.2) is 17.0 Å². The normalized spacial score (nSPS) is 10.4. The molecule has 0 aliphatic rings. The van der Waals surface area contributed by atoms with Crippen molar-refractivity contribution in [3.8, 4) is 17.0 Å². The van der Waals surface area contributed by atoms with Gasteiger partial charge in [0.25, 0.3) is 5.69 Å². The molecule has 0 bridgehead atoms. The van der Waals surface area contributed by atoms with E-state index in [1.54, 1.807) is 31.4 Å². The zero-order valence-corrected chi connectivity index (χ0v) is 14.1. The van der Waals surface area contributed by atoms with Crippen LogP contribution in [0, 0.1) is 10.1 Å². The molecule has 0 radical (unpaired) electrons. The van der Waals surface area contributed by atoms with Crippen LogP contribution < -0.4 is 10.1 Å². The van der Waals surface area contributed by atoms with Crippen LogP contribution in [0.25, 0.3) is 11.3 Å². The van der Waals surface area contributed by atoms with Gasteiger partial charge in [0, 0.05) is 28.8 Å². The Morgan fingerprint density at radius 2 is 2.00 bits per heavy atom. The van der Waals surface area contributed by atoms with Gasteiger partial charge >= 0.3 is 0 Å². The van der Waals surface area contributed by atoms with Gasteiger partial charge in [0.2, 0.25) is 0 Å². The highest BCUT2D eigenvalue weighted by Crippen LogP contribution is 2.31. The van der Waals surface area contributed by atoms with Gasteiger partial charge < -0.3 is 10.1 Å². The molecule has 0 aliphatic carbocycles. The molecule has 0 saturated heterocycles. The summed E-state index contributed by atoms with van der Waals surface area (Å²) in [5.41, 5.74) is 2.42. The lowest BCUT2D eigenvalue weighted by Crippen LogP contribution is -1.91. The van der Waals surface area contributed by atoms with Crippen molar-refractivity contribution in [1.82, 2.24) is 4.98 Å². The molecule has 6 nitrogen and oxygen atoms in total. The molecular weight excluding hydrogens is 350 g/mol. The number of ether oxygens (including phenoxy) is 1. The second-order valence-corrected chi connectivity index (χ2v) is 6.08. The van der Waals surface area contributed by atoms with Crippen molar-refractivity contribution in [2.24, 2.45) is 0 Å². The molecule has 8 heteroatoms. The average molecular weight is 362 g/mol. The van der Waals surface area contributed by atoms with Gasteiger partial charge in [-0.15, -0.1) is 11.3 Å². The van der Waals surface area contributed by atoms with E-state index in [9.17, 15) is 10.1 Å². The molecular formula is C16H12ClN3O3S. The van der Waals surface area contributed by atoms with Crippen LogP contribution in [0.5, 0.6) is 5.75 Å². The molecule has 0 fully saturated rings. The molecule has 0 atom stereocenters. The van der Waals surface area contributed by atoms with Crippen LogP contribution >= 0.6 is 22.9 Å². The minimum atomic E-state index is -0.425. The Balaban J connectivity index is 1.78. The summed E-state index contributed by atoms with van der Waals surface area (Å²) in [4.78, 5) is 14.8. The van der Waals surface area contributed by atoms with Crippen molar-refractivity contribution in [3.63, 3.8) is 0 Å². The van der Waals surface area contributed by atoms with Gasteiger partial charge in [-0.25, -0.2) is 4.98 Å². The second-order valence-electron chi connectivity index (χ2n) is 4.82. The number of halogens is 1. The predicted molar refractivity (Wildman–Crippen MR) is 95.5 cm³/mol. The van der Waals surface area contributed by atoms with E-state index in [1.807, 2.05) is 11.4 Å². The lowest BCUT2D eigenvalue weighted by Gasteiger charge is -2.06. The maximum Gasteiger partial charge on any atom is 0.269 e. The van der Waals surface area contributed by atoms with E-state index in [0.29, 0.717) is 15.9 Å². The Morgan fingerprint density at radius 1 is 1.25 bits per heavy atom. The summed E-state index contributed by atoms with van der Waals surface area (Å²) in [6, 6.07) is 11.7. The van der Waals surface area contributed by atoms with E-state index in [2.05, 4.69) is 10.3 Å². The van der Waals surface area contributed by atoms with Crippen LogP contribution in [0.3, 0.4) is 0 Å². The molecule has 1 heterocycles. The Kier molecular flexibility index (Phi) is 4.64. The number of hydrogen-bond donors (Lipinski definition) is 1. The Morgan fingerprint density at radius 3 is 2.62 bits per heavy atom. The van der Waals surface area contributed by atoms with Gasteiger partial charge in [-0.3, -0.25) is 10.1 Å². The number of hydrogen-bond acceptors (Lipinski definition) is 6. The average Bonchev–Trinajstić information content (AvgIpc) is 3.03. The van der Waals surface area contributed by atoms with Crippen LogP contribution in [0.15, 0.2) is 47.8 Å². The first-order chi connectivity index (χ1) is 11.6. The van der Waals surface area contributed by atoms with Gasteiger partial charge in [0.15, 0.2) is 5.13 Å². The van der Waals surface area contributed by atoms with Crippen LogP contribution in [0.2, 0.25) is 5.02 Å². The zero-order chi connectivity index (χ0) is 17.1. The van der Waals surface area contributed by atoms with E-state index in [1.165, 1.54) is 23.5 Å². The molecule has 2 aromatic carbocycles. The number of nitro groups is 1. The molecule has 24 heavy (non-hydrogen) atoms. The zero-order valence-electron chi connectivity index (χ0n) is 12.5. The summed E-state index contributed by atoms with van der Waals surface area (Å²) in [5.74, 6) is 0.605. The Bertz CT molecular complexity index is 881. The monoisotopic (exact) mass is 361 g/mol. The topological polar surface area (TPSA) is 77.3 Å². The Labute approximate surface area is 146 Å². The van der Waals surface area contributed by atoms with Crippen molar-refractivity contribution < 1.29 is 9.66 Å². The number of nitrogens with zero attached hydrogens (tertiary/aromatic N) is 2. The number of rotatable bonds is 5. The minimum absolute atomic E-state index is 0.0557. The van der Waals surface area contributed by atoms with Crippen LogP contribution in [-0.2, 0) is 0 Å². The second kappa shape index (κ2) is 6.86. The molecule has 0 unspecified atom stereocenters. The van der Waals surface area contributed by atoms with E-state index < -0.39 is 4.92 Å². The van der Waals surface area contributed by atoms with E-state index in [4.69, 9.17) is 16.3 Å². The fraction of sp³-hybridized carbons (Fsp3) is 0.0625. The summed E-state index contributed by atoms with van der Waals surface area (Å²) < 4.78 is 5.12. The number of methoxy groups -OCH3 is 1. The standard InChI is InChI=1S/C16H12ClN3O3S/c1-23-15-7-4-11(8-13(15)17)18-16-19-14(9-24-16)10-2-5-12(6-3-10)20(21)22/h2-9H,1H3,(H,18,19). The fourth-order valence-corrected chi connectivity index (χ4v) is 3.08. The molecule has 1 N–H and O–H groups in total. The highest BCUT2D eigenvalue weighted by molar-refractivity contribution is 7.14. The maximum absolute atomic E-state index is 10.7. The number of aromatic nitrogens is 1. The quantitative estimate of drug-likeness (QED) is 0.504. The molecule has 0 aliphatic heterocycles. The molecule has 0 spiro atoms. The van der Waals surface area contributed by atoms with Gasteiger partial charge in [0.05, 0.1) is 22.7 Å². The van der Waals surface area contributed by atoms with Crippen molar-refractivity contribution in [2.45, 2.75) is 0 Å². The number of non-ortho nitro benzene ring substituents is 1. The van der Waals surface area contributed by atoms with E-state index >= 15 is 0 Å². The smallest absolute Gasteiger partial charge is 0.269 e. The van der Waals surface area contributed by atoms with Crippen LogP contribution in [0.1, 0.15) is 0 Å². The lowest BCUT2D eigenvalue weighted by molar-refractivity contribution is -0.384. The Hall–Kier alpha value is -2.64. The minimum Gasteiger partial charge on any atom is -0.495 e. The van der Waals surface area contributed by atoms with Gasteiger partial charge in [-0.1, -0.05) is 11.6 Å². The van der Waals surface area contributed by atoms with Gasteiger partial charge in [-0.05, 0) is 30.3 Å². The molecule has 0 saturated carbocycles.